The smallest absolute Gasteiger partial charge is 0.352 e. The van der Waals surface area contributed by atoms with Crippen LogP contribution >= 0.6 is 12.2 Å². The molecular formula is C17H33N3O8S. The second kappa shape index (κ2) is 15.2. The Labute approximate surface area is 174 Å². The Bertz CT molecular complexity index is 705. The van der Waals surface area contributed by atoms with Gasteiger partial charge in [-0.25, -0.2) is 4.79 Å². The first kappa shape index (κ1) is 29.5. The predicted octanol–water partition coefficient (Wildman–Crippen LogP) is -0.334. The van der Waals surface area contributed by atoms with Crippen molar-refractivity contribution in [2.24, 2.45) is 5.73 Å². The molecule has 170 valence electrons. The van der Waals surface area contributed by atoms with Crippen molar-refractivity contribution in [1.29, 1.82) is 0 Å². The summed E-state index contributed by atoms with van der Waals surface area (Å²) in [5, 5.41) is 33.5. The average Bonchev–Trinajstić information content (AvgIpc) is 3.19. The highest BCUT2D eigenvalue weighted by Gasteiger charge is 2.45. The highest BCUT2D eigenvalue weighted by Crippen LogP contribution is 2.32. The molecule has 2 unspecified atom stereocenters. The van der Waals surface area contributed by atoms with E-state index in [1.165, 1.54) is 17.2 Å². The minimum absolute atomic E-state index is 0.177. The van der Waals surface area contributed by atoms with Crippen molar-refractivity contribution in [3.8, 4) is 0 Å². The van der Waals surface area contributed by atoms with Gasteiger partial charge in [0.25, 0.3) is 0 Å². The van der Waals surface area contributed by atoms with Gasteiger partial charge in [-0.15, -0.1) is 0 Å². The van der Waals surface area contributed by atoms with Crippen LogP contribution in [0.15, 0.2) is 11.0 Å². The molecule has 0 aromatic carbocycles. The van der Waals surface area contributed by atoms with Gasteiger partial charge in [-0.2, -0.15) is 0 Å². The number of hydrogen-bond donors (Lipinski definition) is 6. The van der Waals surface area contributed by atoms with Crippen molar-refractivity contribution >= 4 is 18.2 Å². The minimum atomic E-state index is -2.80. The molecule has 29 heavy (non-hydrogen) atoms. The number of ether oxygens (including phenoxy) is 2. The van der Waals surface area contributed by atoms with Gasteiger partial charge >= 0.3 is 17.6 Å². The maximum absolute atomic E-state index is 11.9. The molecule has 1 aliphatic rings. The minimum Gasteiger partial charge on any atom is -0.405 e. The number of esters is 1. The average molecular weight is 440 g/mol. The standard InChI is InChI=1S/C12H17N3O6S.C3H8.2CH4O/c1-6-5-15(11(17)14-10(6)22)8-3-2-7(20-8)12(18,19)21-9(16)4-13;1-3-2;2*1-2/h5,7-8,18-19H,2-4,13H2,1H3,(H,14,17,22);3H2,1-2H3;2*2H,1H3. The number of carbonyl (C=O) groups excluding carboxylic acids is 1. The number of H-pyrrole nitrogens is 1. The van der Waals surface area contributed by atoms with Crippen LogP contribution in [0.25, 0.3) is 0 Å². The van der Waals surface area contributed by atoms with E-state index in [1.54, 1.807) is 6.92 Å². The lowest BCUT2D eigenvalue weighted by Crippen LogP contribution is -2.47. The molecule has 0 amide bonds. The Balaban J connectivity index is 0. The monoisotopic (exact) mass is 439 g/mol. The molecule has 1 aromatic rings. The number of rotatable bonds is 4. The summed E-state index contributed by atoms with van der Waals surface area (Å²) in [6.07, 6.45) is 1.37. The lowest BCUT2D eigenvalue weighted by atomic mass is 10.2. The highest BCUT2D eigenvalue weighted by molar-refractivity contribution is 7.71. The molecule has 0 saturated carbocycles. The number of aryl methyl sites for hydroxylation is 1. The van der Waals surface area contributed by atoms with E-state index < -0.39 is 36.5 Å². The Morgan fingerprint density at radius 2 is 1.86 bits per heavy atom. The molecule has 2 heterocycles. The van der Waals surface area contributed by atoms with Gasteiger partial charge in [-0.1, -0.05) is 32.5 Å². The Morgan fingerprint density at radius 3 is 2.34 bits per heavy atom. The van der Waals surface area contributed by atoms with Gasteiger partial charge in [0.2, 0.25) is 0 Å². The summed E-state index contributed by atoms with van der Waals surface area (Å²) in [7, 11) is 2.00. The summed E-state index contributed by atoms with van der Waals surface area (Å²) >= 11 is 4.96. The van der Waals surface area contributed by atoms with E-state index in [0.717, 1.165) is 14.2 Å². The van der Waals surface area contributed by atoms with Gasteiger partial charge < -0.3 is 35.6 Å². The second-order valence-corrected chi connectivity index (χ2v) is 6.09. The largest absolute Gasteiger partial charge is 0.405 e. The number of nitrogens with two attached hydrogens (primary N) is 1. The number of carbonyl (C=O) groups is 1. The Hall–Kier alpha value is -1.67. The molecule has 11 nitrogen and oxygen atoms in total. The maximum Gasteiger partial charge on any atom is 0.352 e. The Kier molecular flexibility index (Phi) is 15.5. The zero-order chi connectivity index (χ0) is 23.2. The van der Waals surface area contributed by atoms with Crippen molar-refractivity contribution in [3.05, 3.63) is 26.9 Å². The summed E-state index contributed by atoms with van der Waals surface area (Å²) in [4.78, 5) is 25.5. The molecule has 0 radical (unpaired) electrons. The van der Waals surface area contributed by atoms with Gasteiger partial charge in [-0.3, -0.25) is 14.3 Å². The molecule has 7 N–H and O–H groups in total. The SMILES string of the molecule is CCC.CO.CO.Cc1cn(C2CCC(C(O)(O)OC(=O)CN)O2)c(=O)[nH]c1=S. The van der Waals surface area contributed by atoms with Crippen molar-refractivity contribution in [2.75, 3.05) is 20.8 Å². The van der Waals surface area contributed by atoms with Crippen LogP contribution < -0.4 is 11.4 Å². The fourth-order valence-corrected chi connectivity index (χ4v) is 2.32. The van der Waals surface area contributed by atoms with Crippen molar-refractivity contribution in [1.82, 2.24) is 9.55 Å². The zero-order valence-electron chi connectivity index (χ0n) is 17.4. The fraction of sp³-hybridized carbons (Fsp3) is 0.706. The number of aromatic amines is 1. The van der Waals surface area contributed by atoms with E-state index in [2.05, 4.69) is 23.6 Å². The van der Waals surface area contributed by atoms with Crippen LogP contribution in [0.2, 0.25) is 0 Å². The normalized spacial score (nSPS) is 17.6. The second-order valence-electron chi connectivity index (χ2n) is 5.68. The van der Waals surface area contributed by atoms with E-state index in [1.807, 2.05) is 0 Å². The van der Waals surface area contributed by atoms with Crippen LogP contribution in [0.3, 0.4) is 0 Å². The molecule has 0 bridgehead atoms. The molecule has 12 heteroatoms. The first-order valence-electron chi connectivity index (χ1n) is 8.89. The van der Waals surface area contributed by atoms with Gasteiger partial charge in [0.1, 0.15) is 10.9 Å². The van der Waals surface area contributed by atoms with Crippen LogP contribution in [-0.2, 0) is 14.3 Å². The predicted molar refractivity (Wildman–Crippen MR) is 108 cm³/mol. The summed E-state index contributed by atoms with van der Waals surface area (Å²) in [5.41, 5.74) is 5.26. The summed E-state index contributed by atoms with van der Waals surface area (Å²) < 4.78 is 11.5. The third kappa shape index (κ3) is 9.58. The third-order valence-electron chi connectivity index (χ3n) is 3.30. The molecule has 2 atom stereocenters. The van der Waals surface area contributed by atoms with Crippen LogP contribution in [0, 0.1) is 11.6 Å². The quantitative estimate of drug-likeness (QED) is 0.206. The first-order valence-corrected chi connectivity index (χ1v) is 9.30. The van der Waals surface area contributed by atoms with E-state index in [4.69, 9.17) is 32.9 Å². The van der Waals surface area contributed by atoms with Crippen molar-refractivity contribution < 1.29 is 34.7 Å². The van der Waals surface area contributed by atoms with E-state index in [-0.39, 0.29) is 6.42 Å². The molecule has 1 aromatic heterocycles. The molecule has 1 saturated heterocycles. The number of hydrogen-bond acceptors (Lipinski definition) is 10. The van der Waals surface area contributed by atoms with Gasteiger partial charge in [0.05, 0.1) is 6.54 Å². The van der Waals surface area contributed by atoms with Crippen molar-refractivity contribution in [3.63, 3.8) is 0 Å². The lowest BCUT2D eigenvalue weighted by Gasteiger charge is -2.27. The fourth-order valence-electron chi connectivity index (χ4n) is 2.18. The van der Waals surface area contributed by atoms with Gasteiger partial charge in [-0.05, 0) is 19.8 Å². The molecule has 1 fully saturated rings. The van der Waals surface area contributed by atoms with E-state index in [0.29, 0.717) is 16.6 Å². The Morgan fingerprint density at radius 1 is 1.34 bits per heavy atom. The zero-order valence-corrected chi connectivity index (χ0v) is 18.2. The van der Waals surface area contributed by atoms with Crippen LogP contribution in [-0.4, -0.2) is 68.8 Å². The third-order valence-corrected chi connectivity index (χ3v) is 3.73. The van der Waals surface area contributed by atoms with Crippen LogP contribution in [0.4, 0.5) is 0 Å². The number of aliphatic hydroxyl groups is 4. The maximum atomic E-state index is 11.9. The molecule has 1 aliphatic heterocycles. The lowest BCUT2D eigenvalue weighted by molar-refractivity contribution is -0.362. The van der Waals surface area contributed by atoms with Gasteiger partial charge in [0.15, 0.2) is 6.10 Å². The highest BCUT2D eigenvalue weighted by atomic mass is 32.1. The van der Waals surface area contributed by atoms with Crippen molar-refractivity contribution in [2.45, 2.75) is 58.3 Å². The molecular weight excluding hydrogens is 406 g/mol. The summed E-state index contributed by atoms with van der Waals surface area (Å²) in [6, 6.07) is 0. The number of aromatic nitrogens is 2. The number of nitrogens with one attached hydrogen (secondary N) is 1. The summed E-state index contributed by atoms with van der Waals surface area (Å²) in [5.74, 6) is -3.78. The molecule has 2 rings (SSSR count). The number of aliphatic hydroxyl groups excluding tert-OH is 2. The van der Waals surface area contributed by atoms with Crippen LogP contribution in [0.1, 0.15) is 44.9 Å². The molecule has 0 aliphatic carbocycles. The van der Waals surface area contributed by atoms with E-state index >= 15 is 0 Å². The topological polar surface area (TPSA) is 180 Å². The summed E-state index contributed by atoms with van der Waals surface area (Å²) in [6.45, 7) is 5.49. The van der Waals surface area contributed by atoms with Crippen LogP contribution in [0.5, 0.6) is 0 Å². The van der Waals surface area contributed by atoms with Gasteiger partial charge in [0, 0.05) is 26.0 Å². The van der Waals surface area contributed by atoms with E-state index in [9.17, 15) is 19.8 Å². The first-order chi connectivity index (χ1) is 13.7. The number of nitrogens with zero attached hydrogens (tertiary/aromatic N) is 1. The molecule has 0 spiro atoms.